The number of nitrogens with one attached hydrogen (secondary N) is 1. The van der Waals surface area contributed by atoms with E-state index >= 15 is 0 Å². The summed E-state index contributed by atoms with van der Waals surface area (Å²) in [7, 11) is 1.79. The molecule has 1 fully saturated rings. The third kappa shape index (κ3) is 6.01. The van der Waals surface area contributed by atoms with Crippen molar-refractivity contribution in [2.75, 3.05) is 30.4 Å². The van der Waals surface area contributed by atoms with E-state index in [1.807, 2.05) is 36.0 Å². The summed E-state index contributed by atoms with van der Waals surface area (Å²) in [5.41, 5.74) is 3.07. The topological polar surface area (TPSA) is 41.6 Å². The van der Waals surface area contributed by atoms with Crippen molar-refractivity contribution in [3.8, 4) is 0 Å². The first-order valence-electron chi connectivity index (χ1n) is 9.97. The van der Waals surface area contributed by atoms with Crippen molar-refractivity contribution in [2.45, 2.75) is 49.4 Å². The smallest absolute Gasteiger partial charge is 0.228 e. The number of hydrogen-bond donors (Lipinski definition) is 1. The molecule has 4 nitrogen and oxygen atoms in total. The fourth-order valence-electron chi connectivity index (χ4n) is 3.45. The minimum Gasteiger partial charge on any atom is -0.381 e. The van der Waals surface area contributed by atoms with Gasteiger partial charge in [0.2, 0.25) is 5.91 Å². The van der Waals surface area contributed by atoms with Crippen molar-refractivity contribution in [1.29, 1.82) is 0 Å². The summed E-state index contributed by atoms with van der Waals surface area (Å²) in [6, 6.07) is 16.4. The van der Waals surface area contributed by atoms with Crippen LogP contribution in [0, 0.1) is 0 Å². The van der Waals surface area contributed by atoms with E-state index in [4.69, 9.17) is 4.74 Å². The second-order valence-corrected chi connectivity index (χ2v) is 9.15. The highest BCUT2D eigenvalue weighted by atomic mass is 32.2. The van der Waals surface area contributed by atoms with Crippen molar-refractivity contribution in [2.24, 2.45) is 0 Å². The quantitative estimate of drug-likeness (QED) is 0.668. The molecule has 0 bridgehead atoms. The molecule has 0 unspecified atom stereocenters. The van der Waals surface area contributed by atoms with Crippen molar-refractivity contribution >= 4 is 29.0 Å². The van der Waals surface area contributed by atoms with Gasteiger partial charge >= 0.3 is 0 Å². The van der Waals surface area contributed by atoms with Crippen molar-refractivity contribution < 1.29 is 9.53 Å². The van der Waals surface area contributed by atoms with Crippen LogP contribution >= 0.6 is 11.8 Å². The average Bonchev–Trinajstić information content (AvgIpc) is 2.70. The van der Waals surface area contributed by atoms with Crippen LogP contribution in [-0.4, -0.2) is 37.5 Å². The molecule has 150 valence electrons. The zero-order chi connectivity index (χ0) is 19.9. The van der Waals surface area contributed by atoms with E-state index in [1.54, 1.807) is 7.11 Å². The predicted octanol–water partition coefficient (Wildman–Crippen LogP) is 4.98. The normalized spacial score (nSPS) is 15.1. The summed E-state index contributed by atoms with van der Waals surface area (Å²) in [6.45, 7) is 6.38. The average molecular weight is 399 g/mol. The Balaban J connectivity index is 1.50. The van der Waals surface area contributed by atoms with Gasteiger partial charge in [-0.05, 0) is 54.8 Å². The molecule has 1 amide bonds. The summed E-state index contributed by atoms with van der Waals surface area (Å²) < 4.78 is 5.43. The molecule has 0 aromatic heterocycles. The molecular formula is C23H30N2O2S. The Kier molecular flexibility index (Phi) is 7.40. The number of nitrogens with zero attached hydrogens (tertiary/aromatic N) is 1. The number of ether oxygens (including phenoxy) is 1. The lowest BCUT2D eigenvalue weighted by Gasteiger charge is -2.33. The molecule has 1 saturated heterocycles. The first-order chi connectivity index (χ1) is 13.5. The van der Waals surface area contributed by atoms with Crippen LogP contribution in [-0.2, 0) is 16.0 Å². The Morgan fingerprint density at radius 3 is 2.32 bits per heavy atom. The number of carbonyl (C=O) groups excluding carboxylic acids is 1. The van der Waals surface area contributed by atoms with Gasteiger partial charge in [-0.3, -0.25) is 4.79 Å². The van der Waals surface area contributed by atoms with Gasteiger partial charge < -0.3 is 15.0 Å². The monoisotopic (exact) mass is 398 g/mol. The second-order valence-electron chi connectivity index (χ2n) is 7.50. The van der Waals surface area contributed by atoms with Gasteiger partial charge in [0.05, 0.1) is 12.5 Å². The maximum absolute atomic E-state index is 12.4. The summed E-state index contributed by atoms with van der Waals surface area (Å²) >= 11 is 1.83. The van der Waals surface area contributed by atoms with Crippen LogP contribution in [0.5, 0.6) is 0 Å². The molecule has 2 aromatic rings. The number of piperidine rings is 1. The summed E-state index contributed by atoms with van der Waals surface area (Å²) in [5.74, 6) is 0.0120. The molecule has 5 heteroatoms. The van der Waals surface area contributed by atoms with E-state index in [-0.39, 0.29) is 5.91 Å². The molecule has 2 aromatic carbocycles. The SMILES string of the molecule is COC1CCN(c2ccc(NC(=O)Cc3ccc(SC(C)C)cc3)cc2)CC1. The molecule has 0 radical (unpaired) electrons. The number of thioether (sulfide) groups is 1. The van der Waals surface area contributed by atoms with Gasteiger partial charge in [-0.1, -0.05) is 26.0 Å². The lowest BCUT2D eigenvalue weighted by atomic mass is 10.1. The first kappa shape index (κ1) is 20.7. The largest absolute Gasteiger partial charge is 0.381 e. The van der Waals surface area contributed by atoms with Crippen LogP contribution in [0.2, 0.25) is 0 Å². The lowest BCUT2D eigenvalue weighted by molar-refractivity contribution is -0.115. The minimum absolute atomic E-state index is 0.0120. The standard InChI is InChI=1S/C23H30N2O2S/c1-17(2)28-22-10-4-18(5-11-22)16-23(26)24-19-6-8-20(9-7-19)25-14-12-21(27-3)13-15-25/h4-11,17,21H,12-16H2,1-3H3,(H,24,26). The van der Waals surface area contributed by atoms with Gasteiger partial charge in [0, 0.05) is 41.7 Å². The number of rotatable bonds is 7. The molecule has 1 heterocycles. The van der Waals surface area contributed by atoms with Crippen LogP contribution in [0.15, 0.2) is 53.4 Å². The molecule has 0 atom stereocenters. The molecule has 0 spiro atoms. The van der Waals surface area contributed by atoms with Gasteiger partial charge in [-0.25, -0.2) is 0 Å². The Morgan fingerprint density at radius 1 is 1.11 bits per heavy atom. The number of anilines is 2. The van der Waals surface area contributed by atoms with Crippen LogP contribution in [0.4, 0.5) is 11.4 Å². The fourth-order valence-corrected chi connectivity index (χ4v) is 4.29. The zero-order valence-corrected chi connectivity index (χ0v) is 17.8. The first-order valence-corrected chi connectivity index (χ1v) is 10.8. The minimum atomic E-state index is 0.0120. The lowest BCUT2D eigenvalue weighted by Crippen LogP contribution is -2.36. The number of carbonyl (C=O) groups is 1. The molecule has 1 N–H and O–H groups in total. The van der Waals surface area contributed by atoms with Crippen molar-refractivity contribution in [1.82, 2.24) is 0 Å². The molecular weight excluding hydrogens is 368 g/mol. The van der Waals surface area contributed by atoms with Gasteiger partial charge in [-0.15, -0.1) is 11.8 Å². The molecule has 1 aliphatic heterocycles. The van der Waals surface area contributed by atoms with E-state index < -0.39 is 0 Å². The molecule has 1 aliphatic rings. The Bertz CT molecular complexity index is 751. The second kappa shape index (κ2) is 9.99. The van der Waals surface area contributed by atoms with Gasteiger partial charge in [0.15, 0.2) is 0 Å². The molecule has 0 aliphatic carbocycles. The third-order valence-corrected chi connectivity index (χ3v) is 5.97. The van der Waals surface area contributed by atoms with E-state index in [9.17, 15) is 4.79 Å². The van der Waals surface area contributed by atoms with E-state index in [0.717, 1.165) is 37.2 Å². The number of hydrogen-bond acceptors (Lipinski definition) is 4. The fraction of sp³-hybridized carbons (Fsp3) is 0.435. The highest BCUT2D eigenvalue weighted by molar-refractivity contribution is 7.99. The zero-order valence-electron chi connectivity index (χ0n) is 17.0. The highest BCUT2D eigenvalue weighted by Gasteiger charge is 2.18. The van der Waals surface area contributed by atoms with Gasteiger partial charge in [-0.2, -0.15) is 0 Å². The van der Waals surface area contributed by atoms with Crippen molar-refractivity contribution in [3.63, 3.8) is 0 Å². The number of methoxy groups -OCH3 is 1. The van der Waals surface area contributed by atoms with Crippen LogP contribution in [0.25, 0.3) is 0 Å². The maximum atomic E-state index is 12.4. The number of benzene rings is 2. The van der Waals surface area contributed by atoms with Gasteiger partial charge in [0.1, 0.15) is 0 Å². The Morgan fingerprint density at radius 2 is 1.75 bits per heavy atom. The summed E-state index contributed by atoms with van der Waals surface area (Å²) in [4.78, 5) is 16.0. The molecule has 28 heavy (non-hydrogen) atoms. The number of amides is 1. The summed E-state index contributed by atoms with van der Waals surface area (Å²) in [5, 5.41) is 3.56. The van der Waals surface area contributed by atoms with Crippen molar-refractivity contribution in [3.05, 3.63) is 54.1 Å². The Labute approximate surface area is 172 Å². The Hall–Kier alpha value is -1.98. The third-order valence-electron chi connectivity index (χ3n) is 4.95. The van der Waals surface area contributed by atoms with E-state index in [1.165, 1.54) is 10.6 Å². The van der Waals surface area contributed by atoms with E-state index in [2.05, 4.69) is 48.3 Å². The van der Waals surface area contributed by atoms with Crippen LogP contribution in [0.3, 0.4) is 0 Å². The van der Waals surface area contributed by atoms with Gasteiger partial charge in [0.25, 0.3) is 0 Å². The van der Waals surface area contributed by atoms with Crippen LogP contribution in [0.1, 0.15) is 32.3 Å². The molecule has 0 saturated carbocycles. The van der Waals surface area contributed by atoms with E-state index in [0.29, 0.717) is 17.8 Å². The maximum Gasteiger partial charge on any atom is 0.228 e. The summed E-state index contributed by atoms with van der Waals surface area (Å²) in [6.07, 6.45) is 2.89. The predicted molar refractivity (Wildman–Crippen MR) is 118 cm³/mol. The molecule has 3 rings (SSSR count). The highest BCUT2D eigenvalue weighted by Crippen LogP contribution is 2.24. The van der Waals surface area contributed by atoms with Crippen LogP contribution < -0.4 is 10.2 Å².